The third-order valence-electron chi connectivity index (χ3n) is 5.46. The van der Waals surface area contributed by atoms with Gasteiger partial charge in [-0.1, -0.05) is 24.4 Å². The number of methoxy groups -OCH3 is 1. The summed E-state index contributed by atoms with van der Waals surface area (Å²) in [5, 5.41) is 4.59. The number of allylic oxidation sites excluding steroid dienone is 3. The number of carbonyl (C=O) groups excluding carboxylic acids is 1. The Hall–Kier alpha value is -2.97. The van der Waals surface area contributed by atoms with Crippen LogP contribution in [0.25, 0.3) is 10.9 Å². The maximum absolute atomic E-state index is 12.7. The predicted octanol–water partition coefficient (Wildman–Crippen LogP) is 3.61. The number of H-pyrrole nitrogens is 1. The molecule has 4 rings (SSSR count). The van der Waals surface area contributed by atoms with Crippen molar-refractivity contribution in [3.05, 3.63) is 65.4 Å². The molecule has 0 aliphatic carbocycles. The first-order chi connectivity index (χ1) is 15.6. The van der Waals surface area contributed by atoms with Crippen LogP contribution in [0.15, 0.2) is 64.8 Å². The van der Waals surface area contributed by atoms with Crippen LogP contribution in [0.3, 0.4) is 0 Å². The molecule has 1 amide bonds. The summed E-state index contributed by atoms with van der Waals surface area (Å²) in [5.41, 5.74) is 2.99. The van der Waals surface area contributed by atoms with Crippen molar-refractivity contribution in [1.29, 1.82) is 0 Å². The molecule has 1 unspecified atom stereocenters. The third kappa shape index (κ3) is 5.08. The maximum atomic E-state index is 12.7. The van der Waals surface area contributed by atoms with E-state index < -0.39 is 0 Å². The number of aromatic amines is 1. The van der Waals surface area contributed by atoms with Crippen molar-refractivity contribution in [2.75, 3.05) is 33.4 Å². The molecule has 2 aromatic rings. The van der Waals surface area contributed by atoms with E-state index in [0.717, 1.165) is 59.1 Å². The predicted molar refractivity (Wildman–Crippen MR) is 130 cm³/mol. The number of ether oxygens (including phenoxy) is 2. The number of amides is 1. The molecule has 1 fully saturated rings. The van der Waals surface area contributed by atoms with E-state index in [9.17, 15) is 4.79 Å². The first kappa shape index (κ1) is 22.2. The summed E-state index contributed by atoms with van der Waals surface area (Å²) < 4.78 is 10.8. The second-order valence-corrected chi connectivity index (χ2v) is 8.70. The van der Waals surface area contributed by atoms with E-state index >= 15 is 0 Å². The highest BCUT2D eigenvalue weighted by Gasteiger charge is 2.24. The second-order valence-electron chi connectivity index (χ2n) is 7.64. The molecule has 2 N–H and O–H groups in total. The van der Waals surface area contributed by atoms with Crippen molar-refractivity contribution in [3.63, 3.8) is 0 Å². The number of benzene rings is 1. The molecule has 32 heavy (non-hydrogen) atoms. The number of nitrogens with one attached hydrogen (secondary N) is 2. The van der Waals surface area contributed by atoms with Crippen molar-refractivity contribution >= 4 is 33.7 Å². The highest BCUT2D eigenvalue weighted by Crippen LogP contribution is 2.32. The summed E-state index contributed by atoms with van der Waals surface area (Å²) in [4.78, 5) is 24.0. The molecular formula is C24H28N4O3S. The lowest BCUT2D eigenvalue weighted by Crippen LogP contribution is -2.35. The molecule has 0 spiro atoms. The fourth-order valence-electron chi connectivity index (χ4n) is 3.77. The van der Waals surface area contributed by atoms with E-state index in [-0.39, 0.29) is 18.4 Å². The molecule has 8 heteroatoms. The Balaban J connectivity index is 1.41. The van der Waals surface area contributed by atoms with Gasteiger partial charge < -0.3 is 24.7 Å². The molecule has 1 atom stereocenters. The van der Waals surface area contributed by atoms with Crippen LogP contribution in [0, 0.1) is 0 Å². The first-order valence-corrected chi connectivity index (χ1v) is 11.5. The van der Waals surface area contributed by atoms with Crippen LogP contribution in [0.5, 0.6) is 5.75 Å². The third-order valence-corrected chi connectivity index (χ3v) is 6.56. The number of aromatic nitrogens is 1. The van der Waals surface area contributed by atoms with Crippen LogP contribution < -0.4 is 10.1 Å². The summed E-state index contributed by atoms with van der Waals surface area (Å²) in [6, 6.07) is 5.78. The number of nitrogens with zero attached hydrogens (tertiary/aromatic N) is 2. The van der Waals surface area contributed by atoms with Crippen molar-refractivity contribution in [2.24, 2.45) is 4.99 Å². The van der Waals surface area contributed by atoms with Crippen LogP contribution in [0.2, 0.25) is 0 Å². The normalized spacial score (nSPS) is 20.5. The van der Waals surface area contributed by atoms with Gasteiger partial charge >= 0.3 is 0 Å². The second kappa shape index (κ2) is 10.1. The van der Waals surface area contributed by atoms with Crippen molar-refractivity contribution in [1.82, 2.24) is 15.2 Å². The van der Waals surface area contributed by atoms with E-state index in [2.05, 4.69) is 32.8 Å². The Labute approximate surface area is 192 Å². The number of morpholine rings is 1. The lowest BCUT2D eigenvalue weighted by molar-refractivity contribution is -0.118. The van der Waals surface area contributed by atoms with Gasteiger partial charge in [-0.3, -0.25) is 9.79 Å². The molecule has 1 aromatic carbocycles. The Kier molecular flexibility index (Phi) is 7.02. The van der Waals surface area contributed by atoms with Crippen LogP contribution in [-0.4, -0.2) is 60.4 Å². The molecule has 2 aliphatic heterocycles. The Morgan fingerprint density at radius 1 is 1.44 bits per heavy atom. The fraction of sp³-hybridized carbons (Fsp3) is 0.333. The molecule has 7 nitrogen and oxygen atoms in total. The number of hydrogen-bond acceptors (Lipinski definition) is 6. The number of amidine groups is 1. The molecule has 0 bridgehead atoms. The molecule has 3 heterocycles. The van der Waals surface area contributed by atoms with Gasteiger partial charge in [0.05, 0.1) is 32.8 Å². The minimum atomic E-state index is -0.0940. The highest BCUT2D eigenvalue weighted by atomic mass is 32.2. The van der Waals surface area contributed by atoms with E-state index in [0.29, 0.717) is 5.17 Å². The number of fused-ring (bicyclic) bond motifs is 1. The maximum Gasteiger partial charge on any atom is 0.230 e. The topological polar surface area (TPSA) is 79.0 Å². The summed E-state index contributed by atoms with van der Waals surface area (Å²) in [6.07, 6.45) is 8.07. The van der Waals surface area contributed by atoms with Gasteiger partial charge in [0.15, 0.2) is 5.17 Å². The van der Waals surface area contributed by atoms with Gasteiger partial charge in [0.2, 0.25) is 5.91 Å². The van der Waals surface area contributed by atoms with Gasteiger partial charge in [0.25, 0.3) is 0 Å². The molecule has 168 valence electrons. The number of carbonyl (C=O) groups is 1. The van der Waals surface area contributed by atoms with Gasteiger partial charge in [0.1, 0.15) is 5.75 Å². The minimum Gasteiger partial charge on any atom is -0.497 e. The van der Waals surface area contributed by atoms with Gasteiger partial charge in [-0.05, 0) is 42.8 Å². The fourth-order valence-corrected chi connectivity index (χ4v) is 4.77. The van der Waals surface area contributed by atoms with E-state index in [1.165, 1.54) is 11.8 Å². The van der Waals surface area contributed by atoms with E-state index in [1.54, 1.807) is 13.2 Å². The van der Waals surface area contributed by atoms with Crippen molar-refractivity contribution in [2.45, 2.75) is 19.4 Å². The molecule has 0 radical (unpaired) electrons. The lowest BCUT2D eigenvalue weighted by Gasteiger charge is -2.30. The summed E-state index contributed by atoms with van der Waals surface area (Å²) in [6.45, 7) is 9.02. The Morgan fingerprint density at radius 3 is 3.00 bits per heavy atom. The number of aliphatic imine (C=N–C) groups is 1. The Morgan fingerprint density at radius 2 is 2.25 bits per heavy atom. The average molecular weight is 453 g/mol. The number of thioether (sulfide) groups is 1. The zero-order valence-electron chi connectivity index (χ0n) is 18.4. The molecule has 0 saturated carbocycles. The summed E-state index contributed by atoms with van der Waals surface area (Å²) >= 11 is 1.51. The van der Waals surface area contributed by atoms with E-state index in [4.69, 9.17) is 9.47 Å². The van der Waals surface area contributed by atoms with Crippen LogP contribution in [0.4, 0.5) is 0 Å². The van der Waals surface area contributed by atoms with Gasteiger partial charge in [-0.25, -0.2) is 0 Å². The lowest BCUT2D eigenvalue weighted by atomic mass is 10.1. The van der Waals surface area contributed by atoms with Crippen LogP contribution in [0.1, 0.15) is 12.5 Å². The molecule has 1 saturated heterocycles. The molecular weight excluding hydrogens is 424 g/mol. The number of hydrogen-bond donors (Lipinski definition) is 2. The zero-order chi connectivity index (χ0) is 22.5. The Bertz CT molecular complexity index is 1100. The summed E-state index contributed by atoms with van der Waals surface area (Å²) in [7, 11) is 1.64. The van der Waals surface area contributed by atoms with Gasteiger partial charge in [0, 0.05) is 40.8 Å². The number of rotatable bonds is 6. The smallest absolute Gasteiger partial charge is 0.230 e. The van der Waals surface area contributed by atoms with Crippen LogP contribution in [-0.2, 0) is 16.0 Å². The quantitative estimate of drug-likeness (QED) is 0.655. The minimum absolute atomic E-state index is 0.0121. The molecule has 1 aromatic heterocycles. The van der Waals surface area contributed by atoms with Crippen LogP contribution >= 0.6 is 11.8 Å². The van der Waals surface area contributed by atoms with Gasteiger partial charge in [-0.15, -0.1) is 0 Å². The van der Waals surface area contributed by atoms with Gasteiger partial charge in [-0.2, -0.15) is 0 Å². The highest BCUT2D eigenvalue weighted by molar-refractivity contribution is 8.17. The largest absolute Gasteiger partial charge is 0.497 e. The monoisotopic (exact) mass is 452 g/mol. The zero-order valence-corrected chi connectivity index (χ0v) is 19.2. The SMILES string of the molecule is C=C/C=C(\C=C1\SC(NC(=O)Cc2c[nH]c3ccc(OC)cc23)=NC1C)N1CCOCC1. The summed E-state index contributed by atoms with van der Waals surface area (Å²) in [5.74, 6) is 0.671. The first-order valence-electron chi connectivity index (χ1n) is 10.6. The molecule has 2 aliphatic rings. The van der Waals surface area contributed by atoms with Crippen molar-refractivity contribution < 1.29 is 14.3 Å². The van der Waals surface area contributed by atoms with E-state index in [1.807, 2.05) is 37.4 Å². The average Bonchev–Trinajstić information content (AvgIpc) is 3.36. The standard InChI is InChI=1S/C24H28N4O3S/c1-4-5-18(28-8-10-31-11-9-28)13-22-16(2)26-24(32-22)27-23(29)12-17-15-25-21-7-6-19(30-3)14-20(17)21/h4-7,13-16,25H,1,8-12H2,2-3H3,(H,26,27,29)/b18-5+,22-13+. The van der Waals surface area contributed by atoms with Crippen molar-refractivity contribution in [3.8, 4) is 5.75 Å².